The summed E-state index contributed by atoms with van der Waals surface area (Å²) in [5, 5.41) is 18.3. The van der Waals surface area contributed by atoms with Crippen molar-refractivity contribution >= 4 is 39.6 Å². The maximum Gasteiger partial charge on any atom is 0.281 e. The summed E-state index contributed by atoms with van der Waals surface area (Å²) in [6.45, 7) is -0.158. The molecule has 0 unspecified atom stereocenters. The summed E-state index contributed by atoms with van der Waals surface area (Å²) in [5.74, 6) is -0.493. The Labute approximate surface area is 222 Å². The van der Waals surface area contributed by atoms with Crippen LogP contribution >= 0.6 is 15.9 Å². The number of halogens is 1. The molecule has 0 radical (unpaired) electrons. The minimum atomic E-state index is -1.92. The zero-order valence-corrected chi connectivity index (χ0v) is 21.3. The number of rotatable bonds is 9. The predicted molar refractivity (Wildman–Crippen MR) is 146 cm³/mol. The lowest BCUT2D eigenvalue weighted by atomic mass is 9.85. The van der Waals surface area contributed by atoms with Crippen LogP contribution in [0.2, 0.25) is 0 Å². The minimum Gasteiger partial charge on any atom is -0.483 e. The molecular formula is C29H24BrN3O4. The molecule has 4 rings (SSSR count). The van der Waals surface area contributed by atoms with Gasteiger partial charge in [-0.3, -0.25) is 9.59 Å². The van der Waals surface area contributed by atoms with E-state index in [1.165, 1.54) is 6.21 Å². The summed E-state index contributed by atoms with van der Waals surface area (Å²) in [7, 11) is 0. The number of hydrogen-bond donors (Lipinski definition) is 3. The molecule has 0 atom stereocenters. The normalized spacial score (nSPS) is 11.2. The Morgan fingerprint density at radius 1 is 0.865 bits per heavy atom. The highest BCUT2D eigenvalue weighted by Crippen LogP contribution is 2.30. The van der Waals surface area contributed by atoms with Crippen LogP contribution in [0.5, 0.6) is 5.75 Å². The van der Waals surface area contributed by atoms with Gasteiger partial charge in [0.25, 0.3) is 11.8 Å². The van der Waals surface area contributed by atoms with Crippen molar-refractivity contribution in [3.8, 4) is 5.75 Å². The Morgan fingerprint density at radius 2 is 1.43 bits per heavy atom. The first-order valence-corrected chi connectivity index (χ1v) is 12.2. The zero-order chi connectivity index (χ0) is 26.1. The maximum atomic E-state index is 13.1. The number of para-hydroxylation sites is 1. The summed E-state index contributed by atoms with van der Waals surface area (Å²) >= 11 is 3.43. The fraction of sp³-hybridized carbons (Fsp3) is 0.0690. The van der Waals surface area contributed by atoms with Gasteiger partial charge in [-0.25, -0.2) is 5.43 Å². The van der Waals surface area contributed by atoms with Gasteiger partial charge in [-0.2, -0.15) is 5.10 Å². The molecule has 0 saturated heterocycles. The van der Waals surface area contributed by atoms with Crippen LogP contribution in [0, 0.1) is 0 Å². The molecule has 0 bridgehead atoms. The smallest absolute Gasteiger partial charge is 0.281 e. The van der Waals surface area contributed by atoms with Gasteiger partial charge in [0.05, 0.1) is 10.7 Å². The quantitative estimate of drug-likeness (QED) is 0.202. The molecule has 4 aromatic rings. The number of benzene rings is 4. The van der Waals surface area contributed by atoms with Gasteiger partial charge in [-0.1, -0.05) is 78.9 Å². The van der Waals surface area contributed by atoms with Gasteiger partial charge in [0.15, 0.2) is 12.2 Å². The van der Waals surface area contributed by atoms with Gasteiger partial charge in [0.2, 0.25) is 0 Å². The molecule has 8 heteroatoms. The molecule has 7 nitrogen and oxygen atoms in total. The van der Waals surface area contributed by atoms with E-state index in [2.05, 4.69) is 31.8 Å². The molecule has 4 aromatic carbocycles. The molecule has 3 N–H and O–H groups in total. The largest absolute Gasteiger partial charge is 0.483 e. The molecule has 0 fully saturated rings. The van der Waals surface area contributed by atoms with E-state index in [4.69, 9.17) is 4.74 Å². The van der Waals surface area contributed by atoms with Crippen molar-refractivity contribution in [3.05, 3.63) is 130 Å². The van der Waals surface area contributed by atoms with Crippen LogP contribution in [0.25, 0.3) is 0 Å². The Balaban J connectivity index is 1.40. The highest BCUT2D eigenvalue weighted by molar-refractivity contribution is 9.10. The predicted octanol–water partition coefficient (Wildman–Crippen LogP) is 4.85. The number of hydrogen-bond acceptors (Lipinski definition) is 5. The maximum absolute atomic E-state index is 13.1. The highest BCUT2D eigenvalue weighted by Gasteiger charge is 2.39. The van der Waals surface area contributed by atoms with E-state index in [0.29, 0.717) is 32.6 Å². The standard InChI is InChI=1S/C29H24BrN3O4/c30-25-18-21(16-17-26(25)37-20-27(34)32-24-14-8-3-9-15-24)19-31-33-28(35)29(36,22-10-4-1-5-11-22)23-12-6-2-7-13-23/h1-19,36H,20H2,(H,32,34)(H,33,35). The van der Waals surface area contributed by atoms with Crippen molar-refractivity contribution in [2.45, 2.75) is 5.60 Å². The lowest BCUT2D eigenvalue weighted by Gasteiger charge is -2.27. The summed E-state index contributed by atoms with van der Waals surface area (Å²) in [6, 6.07) is 31.7. The van der Waals surface area contributed by atoms with Gasteiger partial charge in [0, 0.05) is 5.69 Å². The number of ether oxygens (including phenoxy) is 1. The van der Waals surface area contributed by atoms with Crippen LogP contribution in [0.4, 0.5) is 5.69 Å². The lowest BCUT2D eigenvalue weighted by Crippen LogP contribution is -2.43. The first-order chi connectivity index (χ1) is 18.0. The van der Waals surface area contributed by atoms with E-state index in [-0.39, 0.29) is 12.5 Å². The summed E-state index contributed by atoms with van der Waals surface area (Å²) in [4.78, 5) is 25.2. The third-order valence-electron chi connectivity index (χ3n) is 5.46. The Bertz CT molecular complexity index is 1340. The second-order valence-electron chi connectivity index (χ2n) is 8.03. The Kier molecular flexibility index (Phi) is 8.45. The van der Waals surface area contributed by atoms with Gasteiger partial charge >= 0.3 is 0 Å². The molecule has 186 valence electrons. The number of anilines is 1. The SMILES string of the molecule is O=C(COc1ccc(C=NNC(=O)C(O)(c2ccccc2)c2ccccc2)cc1Br)Nc1ccccc1. The molecule has 0 spiro atoms. The van der Waals surface area contributed by atoms with E-state index in [1.807, 2.05) is 30.3 Å². The van der Waals surface area contributed by atoms with Crippen molar-refractivity contribution in [2.24, 2.45) is 5.10 Å². The van der Waals surface area contributed by atoms with Gasteiger partial charge in [0.1, 0.15) is 5.75 Å². The average Bonchev–Trinajstić information content (AvgIpc) is 2.93. The van der Waals surface area contributed by atoms with E-state index in [1.54, 1.807) is 78.9 Å². The van der Waals surface area contributed by atoms with Crippen LogP contribution in [-0.2, 0) is 15.2 Å². The second-order valence-corrected chi connectivity index (χ2v) is 8.89. The molecule has 2 amide bonds. The van der Waals surface area contributed by atoms with E-state index < -0.39 is 11.5 Å². The summed E-state index contributed by atoms with van der Waals surface area (Å²) in [5.41, 5.74) is 2.73. The van der Waals surface area contributed by atoms with Crippen LogP contribution in [0.15, 0.2) is 119 Å². The number of nitrogens with one attached hydrogen (secondary N) is 2. The third kappa shape index (κ3) is 6.49. The molecule has 0 aliphatic rings. The number of aliphatic hydroxyl groups is 1. The lowest BCUT2D eigenvalue weighted by molar-refractivity contribution is -0.136. The van der Waals surface area contributed by atoms with Crippen molar-refractivity contribution in [1.82, 2.24) is 5.43 Å². The number of nitrogens with zero attached hydrogens (tertiary/aromatic N) is 1. The summed E-state index contributed by atoms with van der Waals surface area (Å²) in [6.07, 6.45) is 1.45. The average molecular weight is 558 g/mol. The molecule has 0 aromatic heterocycles. The van der Waals surface area contributed by atoms with Crippen LogP contribution in [0.3, 0.4) is 0 Å². The fourth-order valence-corrected chi connectivity index (χ4v) is 4.12. The third-order valence-corrected chi connectivity index (χ3v) is 6.08. The molecular weight excluding hydrogens is 534 g/mol. The summed E-state index contributed by atoms with van der Waals surface area (Å²) < 4.78 is 6.22. The van der Waals surface area contributed by atoms with E-state index >= 15 is 0 Å². The highest BCUT2D eigenvalue weighted by atomic mass is 79.9. The first kappa shape index (κ1) is 25.8. The van der Waals surface area contributed by atoms with Crippen molar-refractivity contribution in [1.29, 1.82) is 0 Å². The molecule has 0 aliphatic heterocycles. The fourth-order valence-electron chi connectivity index (χ4n) is 3.61. The van der Waals surface area contributed by atoms with E-state index in [9.17, 15) is 14.7 Å². The van der Waals surface area contributed by atoms with E-state index in [0.717, 1.165) is 0 Å². The molecule has 0 heterocycles. The van der Waals surface area contributed by atoms with Gasteiger partial charge in [-0.05, 0) is 63.0 Å². The number of carbonyl (C=O) groups excluding carboxylic acids is 2. The van der Waals surface area contributed by atoms with Gasteiger partial charge < -0.3 is 15.2 Å². The Morgan fingerprint density at radius 3 is 2.00 bits per heavy atom. The molecule has 0 saturated carbocycles. The molecule has 37 heavy (non-hydrogen) atoms. The number of carbonyl (C=O) groups is 2. The van der Waals surface area contributed by atoms with Crippen molar-refractivity contribution < 1.29 is 19.4 Å². The van der Waals surface area contributed by atoms with Crippen molar-refractivity contribution in [2.75, 3.05) is 11.9 Å². The topological polar surface area (TPSA) is 100 Å². The van der Waals surface area contributed by atoms with Crippen molar-refractivity contribution in [3.63, 3.8) is 0 Å². The minimum absolute atomic E-state index is 0.158. The second kappa shape index (κ2) is 12.1. The van der Waals surface area contributed by atoms with Gasteiger partial charge in [-0.15, -0.1) is 0 Å². The Hall–Kier alpha value is -4.27. The monoisotopic (exact) mass is 557 g/mol. The van der Waals surface area contributed by atoms with Crippen LogP contribution in [-0.4, -0.2) is 29.7 Å². The van der Waals surface area contributed by atoms with Crippen LogP contribution < -0.4 is 15.5 Å². The number of amides is 2. The molecule has 0 aliphatic carbocycles. The van der Waals surface area contributed by atoms with Crippen LogP contribution in [0.1, 0.15) is 16.7 Å². The number of hydrazone groups is 1. The first-order valence-electron chi connectivity index (χ1n) is 11.4. The zero-order valence-electron chi connectivity index (χ0n) is 19.7.